The maximum atomic E-state index is 12.7. The van der Waals surface area contributed by atoms with Crippen LogP contribution in [0.5, 0.6) is 0 Å². The average Bonchev–Trinajstić information content (AvgIpc) is 3.20. The van der Waals surface area contributed by atoms with Gasteiger partial charge in [-0.1, -0.05) is 54.0 Å². The van der Waals surface area contributed by atoms with Crippen LogP contribution in [0.1, 0.15) is 23.9 Å². The molecule has 0 unspecified atom stereocenters. The van der Waals surface area contributed by atoms with Gasteiger partial charge in [0.15, 0.2) is 0 Å². The predicted octanol–water partition coefficient (Wildman–Crippen LogP) is 3.03. The zero-order chi connectivity index (χ0) is 22.6. The Hall–Kier alpha value is -3.20. The number of hydrogen-bond acceptors (Lipinski definition) is 6. The fourth-order valence-electron chi connectivity index (χ4n) is 2.97. The van der Waals surface area contributed by atoms with Gasteiger partial charge < -0.3 is 9.42 Å². The summed E-state index contributed by atoms with van der Waals surface area (Å²) in [6.07, 6.45) is 1.93. The Morgan fingerprint density at radius 1 is 1.06 bits per heavy atom. The maximum Gasteiger partial charge on any atom is 0.246 e. The van der Waals surface area contributed by atoms with Crippen LogP contribution in [0.15, 0.2) is 53.1 Å². The van der Waals surface area contributed by atoms with Crippen molar-refractivity contribution in [1.82, 2.24) is 15.0 Å². The third-order valence-electron chi connectivity index (χ3n) is 4.89. The number of aryl methyl sites for hydroxylation is 2. The highest BCUT2D eigenvalue weighted by Crippen LogP contribution is 2.20. The van der Waals surface area contributed by atoms with Crippen LogP contribution in [-0.2, 0) is 27.8 Å². The van der Waals surface area contributed by atoms with Crippen LogP contribution in [0.25, 0.3) is 11.4 Å². The maximum absolute atomic E-state index is 12.7. The number of anilines is 1. The summed E-state index contributed by atoms with van der Waals surface area (Å²) in [6, 6.07) is 14.8. The van der Waals surface area contributed by atoms with Crippen molar-refractivity contribution in [3.63, 3.8) is 0 Å². The molecule has 0 bridgehead atoms. The minimum atomic E-state index is -3.64. The smallest absolute Gasteiger partial charge is 0.246 e. The number of amides is 1. The molecule has 0 aliphatic rings. The van der Waals surface area contributed by atoms with E-state index in [0.29, 0.717) is 11.5 Å². The second kappa shape index (κ2) is 9.30. The topological polar surface area (TPSA) is 96.6 Å². The molecule has 0 atom stereocenters. The molecular weight excluding hydrogens is 416 g/mol. The fraction of sp³-hybridized carbons (Fsp3) is 0.318. The number of likely N-dealkylation sites (N-methyl/N-ethyl adjacent to an activating group) is 1. The van der Waals surface area contributed by atoms with Crippen LogP contribution in [-0.4, -0.2) is 49.2 Å². The van der Waals surface area contributed by atoms with E-state index in [-0.39, 0.29) is 24.9 Å². The number of benzene rings is 2. The molecule has 8 nitrogen and oxygen atoms in total. The second-order valence-corrected chi connectivity index (χ2v) is 9.32. The van der Waals surface area contributed by atoms with E-state index >= 15 is 0 Å². The highest BCUT2D eigenvalue weighted by Gasteiger charge is 2.23. The Kier molecular flexibility index (Phi) is 6.74. The largest absolute Gasteiger partial charge is 0.337 e. The molecule has 0 N–H and O–H groups in total. The quantitative estimate of drug-likeness (QED) is 0.532. The van der Waals surface area contributed by atoms with Gasteiger partial charge in [0.25, 0.3) is 0 Å². The molecule has 0 radical (unpaired) electrons. The van der Waals surface area contributed by atoms with E-state index in [4.69, 9.17) is 4.52 Å². The van der Waals surface area contributed by atoms with E-state index in [1.165, 1.54) is 4.90 Å². The lowest BCUT2D eigenvalue weighted by molar-refractivity contribution is -0.129. The van der Waals surface area contributed by atoms with Gasteiger partial charge in [-0.3, -0.25) is 9.10 Å². The molecule has 31 heavy (non-hydrogen) atoms. The molecule has 1 amide bonds. The molecule has 3 aromatic rings. The second-order valence-electron chi connectivity index (χ2n) is 7.42. The molecule has 0 saturated heterocycles. The number of hydrogen-bond donors (Lipinski definition) is 0. The highest BCUT2D eigenvalue weighted by molar-refractivity contribution is 7.92. The molecule has 0 fully saturated rings. The SMILES string of the molecule is CCc1ccc(N(CC(=O)N(C)Cc2nc(-c3ccc(C)cc3)no2)S(C)(=O)=O)cc1. The average molecular weight is 443 g/mol. The molecule has 0 aliphatic heterocycles. The lowest BCUT2D eigenvalue weighted by Crippen LogP contribution is -2.41. The fourth-order valence-corrected chi connectivity index (χ4v) is 3.82. The Bertz CT molecular complexity index is 1140. The summed E-state index contributed by atoms with van der Waals surface area (Å²) in [5.74, 6) is 0.314. The number of rotatable bonds is 8. The van der Waals surface area contributed by atoms with Gasteiger partial charge in [0.2, 0.25) is 27.6 Å². The summed E-state index contributed by atoms with van der Waals surface area (Å²) >= 11 is 0. The molecule has 3 rings (SSSR count). The number of sulfonamides is 1. The summed E-state index contributed by atoms with van der Waals surface area (Å²) < 4.78 is 31.0. The van der Waals surface area contributed by atoms with Crippen LogP contribution < -0.4 is 4.31 Å². The lowest BCUT2D eigenvalue weighted by atomic mass is 10.1. The van der Waals surface area contributed by atoms with Gasteiger partial charge in [0.1, 0.15) is 6.54 Å². The summed E-state index contributed by atoms with van der Waals surface area (Å²) in [7, 11) is -2.07. The first-order chi connectivity index (χ1) is 14.7. The molecule has 9 heteroatoms. The van der Waals surface area contributed by atoms with Crippen molar-refractivity contribution in [2.45, 2.75) is 26.8 Å². The van der Waals surface area contributed by atoms with Crippen molar-refractivity contribution in [3.8, 4) is 11.4 Å². The van der Waals surface area contributed by atoms with Crippen LogP contribution in [0.2, 0.25) is 0 Å². The monoisotopic (exact) mass is 442 g/mol. The van der Waals surface area contributed by atoms with Gasteiger partial charge in [-0.2, -0.15) is 4.98 Å². The number of nitrogens with zero attached hydrogens (tertiary/aromatic N) is 4. The Morgan fingerprint density at radius 3 is 2.29 bits per heavy atom. The number of aromatic nitrogens is 2. The van der Waals surface area contributed by atoms with E-state index in [9.17, 15) is 13.2 Å². The summed E-state index contributed by atoms with van der Waals surface area (Å²) in [6.45, 7) is 3.76. The normalized spacial score (nSPS) is 11.4. The van der Waals surface area contributed by atoms with E-state index in [1.54, 1.807) is 19.2 Å². The van der Waals surface area contributed by atoms with Gasteiger partial charge in [-0.25, -0.2) is 8.42 Å². The third kappa shape index (κ3) is 5.69. The molecule has 0 spiro atoms. The van der Waals surface area contributed by atoms with Crippen molar-refractivity contribution in [2.75, 3.05) is 24.2 Å². The van der Waals surface area contributed by atoms with Gasteiger partial charge in [0, 0.05) is 12.6 Å². The summed E-state index contributed by atoms with van der Waals surface area (Å²) in [5.41, 5.74) is 3.47. The van der Waals surface area contributed by atoms with Crippen LogP contribution >= 0.6 is 0 Å². The van der Waals surface area contributed by atoms with Crippen molar-refractivity contribution in [2.24, 2.45) is 0 Å². The minimum absolute atomic E-state index is 0.0735. The Morgan fingerprint density at radius 2 is 1.71 bits per heavy atom. The molecule has 2 aromatic carbocycles. The van der Waals surface area contributed by atoms with Crippen LogP contribution in [0.4, 0.5) is 5.69 Å². The standard InChI is InChI=1S/C22H26N4O4S/c1-5-17-8-12-19(13-9-17)26(31(4,28)29)15-21(27)25(3)14-20-23-22(24-30-20)18-10-6-16(2)7-11-18/h6-13H,5,14-15H2,1-4H3. The molecule has 0 saturated carbocycles. The molecule has 1 heterocycles. The zero-order valence-corrected chi connectivity index (χ0v) is 18.9. The van der Waals surface area contributed by atoms with E-state index in [1.807, 2.05) is 50.2 Å². The minimum Gasteiger partial charge on any atom is -0.337 e. The molecule has 1 aromatic heterocycles. The van der Waals surface area contributed by atoms with Crippen molar-refractivity contribution in [3.05, 3.63) is 65.5 Å². The van der Waals surface area contributed by atoms with Gasteiger partial charge in [0.05, 0.1) is 18.5 Å². The van der Waals surface area contributed by atoms with E-state index in [0.717, 1.165) is 33.7 Å². The van der Waals surface area contributed by atoms with Gasteiger partial charge in [-0.15, -0.1) is 0 Å². The number of carbonyl (C=O) groups is 1. The van der Waals surface area contributed by atoms with Crippen molar-refractivity contribution < 1.29 is 17.7 Å². The number of carbonyl (C=O) groups excluding carboxylic acids is 1. The van der Waals surface area contributed by atoms with Crippen LogP contribution in [0, 0.1) is 6.92 Å². The first-order valence-electron chi connectivity index (χ1n) is 9.87. The molecule has 164 valence electrons. The first kappa shape index (κ1) is 22.5. The molecular formula is C22H26N4O4S. The Labute approximate surface area is 182 Å². The van der Waals surface area contributed by atoms with E-state index in [2.05, 4.69) is 10.1 Å². The van der Waals surface area contributed by atoms with Gasteiger partial charge >= 0.3 is 0 Å². The highest BCUT2D eigenvalue weighted by atomic mass is 32.2. The molecule has 0 aliphatic carbocycles. The summed E-state index contributed by atoms with van der Waals surface area (Å²) in [5, 5.41) is 3.96. The third-order valence-corrected chi connectivity index (χ3v) is 6.03. The van der Waals surface area contributed by atoms with Crippen LogP contribution in [0.3, 0.4) is 0 Å². The van der Waals surface area contributed by atoms with Crippen molar-refractivity contribution >= 4 is 21.6 Å². The van der Waals surface area contributed by atoms with Gasteiger partial charge in [-0.05, 0) is 31.0 Å². The lowest BCUT2D eigenvalue weighted by Gasteiger charge is -2.24. The summed E-state index contributed by atoms with van der Waals surface area (Å²) in [4.78, 5) is 18.4. The van der Waals surface area contributed by atoms with E-state index < -0.39 is 10.0 Å². The van der Waals surface area contributed by atoms with Crippen molar-refractivity contribution in [1.29, 1.82) is 0 Å². The predicted molar refractivity (Wildman–Crippen MR) is 119 cm³/mol. The zero-order valence-electron chi connectivity index (χ0n) is 18.1. The Balaban J connectivity index is 1.70. The first-order valence-corrected chi connectivity index (χ1v) is 11.7.